The van der Waals surface area contributed by atoms with E-state index in [4.69, 9.17) is 11.6 Å². The Labute approximate surface area is 109 Å². The fourth-order valence-corrected chi connectivity index (χ4v) is 3.03. The van der Waals surface area contributed by atoms with Crippen LogP contribution >= 0.6 is 11.6 Å². The second-order valence-electron chi connectivity index (χ2n) is 5.13. The van der Waals surface area contributed by atoms with E-state index in [1.54, 1.807) is 4.68 Å². The number of hydrogen-bond acceptors (Lipinski definition) is 2. The Bertz CT molecular complexity index is 386. The fourth-order valence-electron chi connectivity index (χ4n) is 2.77. The van der Waals surface area contributed by atoms with Gasteiger partial charge in [0.15, 0.2) is 0 Å². The Morgan fingerprint density at radius 1 is 1.53 bits per heavy atom. The number of piperidine rings is 1. The van der Waals surface area contributed by atoms with Crippen molar-refractivity contribution >= 4 is 11.6 Å². The lowest BCUT2D eigenvalue weighted by Crippen LogP contribution is -2.39. The summed E-state index contributed by atoms with van der Waals surface area (Å²) >= 11 is 6.28. The van der Waals surface area contributed by atoms with Crippen LogP contribution in [0.5, 0.6) is 0 Å². The molecule has 2 unspecified atom stereocenters. The van der Waals surface area contributed by atoms with Crippen LogP contribution in [0.15, 0.2) is 0 Å². The molecule has 2 atom stereocenters. The zero-order valence-electron chi connectivity index (χ0n) is 11.0. The van der Waals surface area contributed by atoms with E-state index in [9.17, 15) is 0 Å². The maximum absolute atomic E-state index is 6.28. The van der Waals surface area contributed by atoms with Crippen molar-refractivity contribution in [3.8, 4) is 0 Å². The Morgan fingerprint density at radius 2 is 2.29 bits per heavy atom. The summed E-state index contributed by atoms with van der Waals surface area (Å²) in [4.78, 5) is 0. The predicted molar refractivity (Wildman–Crippen MR) is 71.5 cm³/mol. The van der Waals surface area contributed by atoms with Gasteiger partial charge in [0.2, 0.25) is 0 Å². The summed E-state index contributed by atoms with van der Waals surface area (Å²) in [7, 11) is 1.90. The lowest BCUT2D eigenvalue weighted by Gasteiger charge is -2.29. The molecule has 1 aromatic rings. The average Bonchev–Trinajstić information content (AvgIpc) is 2.56. The largest absolute Gasteiger partial charge is 0.314 e. The van der Waals surface area contributed by atoms with Gasteiger partial charge in [0, 0.05) is 18.7 Å². The van der Waals surface area contributed by atoms with Gasteiger partial charge in [-0.2, -0.15) is 5.10 Å². The number of aryl methyl sites for hydroxylation is 2. The van der Waals surface area contributed by atoms with Gasteiger partial charge in [0.25, 0.3) is 0 Å². The minimum Gasteiger partial charge on any atom is -0.314 e. The van der Waals surface area contributed by atoms with Crippen LogP contribution in [-0.2, 0) is 13.5 Å². The summed E-state index contributed by atoms with van der Waals surface area (Å²) in [6, 6.07) is 0.564. The molecule has 1 aromatic heterocycles. The molecule has 3 nitrogen and oxygen atoms in total. The van der Waals surface area contributed by atoms with Gasteiger partial charge in [0.05, 0.1) is 5.69 Å². The molecule has 0 radical (unpaired) electrons. The molecular weight excluding hydrogens is 234 g/mol. The highest BCUT2D eigenvalue weighted by molar-refractivity contribution is 6.30. The van der Waals surface area contributed by atoms with Crippen LogP contribution in [-0.4, -0.2) is 22.4 Å². The third kappa shape index (κ3) is 2.83. The number of aromatic nitrogens is 2. The zero-order chi connectivity index (χ0) is 12.4. The first-order valence-electron chi connectivity index (χ1n) is 6.53. The number of rotatable bonds is 3. The molecule has 0 bridgehead atoms. The van der Waals surface area contributed by atoms with Crippen LogP contribution in [0.1, 0.15) is 37.4 Å². The molecule has 4 heteroatoms. The van der Waals surface area contributed by atoms with Crippen molar-refractivity contribution in [3.63, 3.8) is 0 Å². The Hall–Kier alpha value is -0.540. The second kappa shape index (κ2) is 5.40. The molecule has 0 aromatic carbocycles. The molecule has 1 saturated heterocycles. The van der Waals surface area contributed by atoms with Crippen molar-refractivity contribution < 1.29 is 0 Å². The van der Waals surface area contributed by atoms with Crippen molar-refractivity contribution in [1.29, 1.82) is 0 Å². The molecule has 96 valence electrons. The summed E-state index contributed by atoms with van der Waals surface area (Å²) in [6.45, 7) is 5.47. The summed E-state index contributed by atoms with van der Waals surface area (Å²) in [6.07, 6.45) is 4.88. The quantitative estimate of drug-likeness (QED) is 0.900. The molecule has 2 heterocycles. The van der Waals surface area contributed by atoms with Crippen LogP contribution < -0.4 is 5.32 Å². The number of nitrogens with one attached hydrogen (secondary N) is 1. The first-order valence-corrected chi connectivity index (χ1v) is 6.91. The van der Waals surface area contributed by atoms with Gasteiger partial charge < -0.3 is 5.32 Å². The maximum Gasteiger partial charge on any atom is 0.130 e. The molecule has 1 aliphatic rings. The minimum atomic E-state index is 0.564. The molecule has 1 fully saturated rings. The van der Waals surface area contributed by atoms with Crippen LogP contribution in [0.3, 0.4) is 0 Å². The van der Waals surface area contributed by atoms with Crippen LogP contribution in [0.2, 0.25) is 5.15 Å². The van der Waals surface area contributed by atoms with E-state index in [0.717, 1.165) is 29.7 Å². The Morgan fingerprint density at radius 3 is 2.88 bits per heavy atom. The van der Waals surface area contributed by atoms with Gasteiger partial charge in [-0.3, -0.25) is 4.68 Å². The van der Waals surface area contributed by atoms with Crippen molar-refractivity contribution in [2.45, 2.75) is 45.6 Å². The average molecular weight is 256 g/mol. The highest BCUT2D eigenvalue weighted by atomic mass is 35.5. The highest BCUT2D eigenvalue weighted by Gasteiger charge is 2.23. The predicted octanol–water partition coefficient (Wildman–Crippen LogP) is 2.70. The summed E-state index contributed by atoms with van der Waals surface area (Å²) in [5.74, 6) is 0.872. The molecule has 0 amide bonds. The molecule has 1 aliphatic heterocycles. The summed E-state index contributed by atoms with van der Waals surface area (Å²) < 4.78 is 1.77. The van der Waals surface area contributed by atoms with E-state index in [1.807, 2.05) is 14.0 Å². The monoisotopic (exact) mass is 255 g/mol. The van der Waals surface area contributed by atoms with Gasteiger partial charge in [-0.15, -0.1) is 0 Å². The van der Waals surface area contributed by atoms with E-state index in [0.29, 0.717) is 6.04 Å². The van der Waals surface area contributed by atoms with E-state index in [1.165, 1.54) is 24.8 Å². The van der Waals surface area contributed by atoms with E-state index >= 15 is 0 Å². The lowest BCUT2D eigenvalue weighted by atomic mass is 9.88. The highest BCUT2D eigenvalue weighted by Crippen LogP contribution is 2.25. The van der Waals surface area contributed by atoms with Gasteiger partial charge in [-0.1, -0.05) is 24.9 Å². The first-order chi connectivity index (χ1) is 8.11. The molecule has 1 N–H and O–H groups in total. The Balaban J connectivity index is 2.05. The number of nitrogens with zero attached hydrogens (tertiary/aromatic N) is 2. The standard InChI is InChI=1S/C13H22ClN3/c1-4-10-5-6-15-11(7-10)8-12-9(2)16-17(3)13(12)14/h10-11,15H,4-8H2,1-3H3. The molecule has 17 heavy (non-hydrogen) atoms. The topological polar surface area (TPSA) is 29.9 Å². The molecular formula is C13H22ClN3. The summed E-state index contributed by atoms with van der Waals surface area (Å²) in [5.41, 5.74) is 2.28. The van der Waals surface area contributed by atoms with E-state index in [-0.39, 0.29) is 0 Å². The van der Waals surface area contributed by atoms with Gasteiger partial charge in [-0.25, -0.2) is 0 Å². The summed E-state index contributed by atoms with van der Waals surface area (Å²) in [5, 5.41) is 8.77. The third-order valence-corrected chi connectivity index (χ3v) is 4.37. The molecule has 2 rings (SSSR count). The normalized spacial score (nSPS) is 25.2. The Kier molecular flexibility index (Phi) is 4.10. The van der Waals surface area contributed by atoms with Crippen molar-refractivity contribution in [2.75, 3.05) is 6.54 Å². The smallest absolute Gasteiger partial charge is 0.130 e. The first kappa shape index (κ1) is 12.9. The van der Waals surface area contributed by atoms with Crippen LogP contribution in [0, 0.1) is 12.8 Å². The fraction of sp³-hybridized carbons (Fsp3) is 0.769. The van der Waals surface area contributed by atoms with Crippen molar-refractivity contribution in [1.82, 2.24) is 15.1 Å². The minimum absolute atomic E-state index is 0.564. The van der Waals surface area contributed by atoms with Gasteiger partial charge in [0.1, 0.15) is 5.15 Å². The molecule has 0 aliphatic carbocycles. The molecule has 0 saturated carbocycles. The van der Waals surface area contributed by atoms with E-state index < -0.39 is 0 Å². The van der Waals surface area contributed by atoms with Crippen molar-refractivity contribution in [2.24, 2.45) is 13.0 Å². The number of hydrogen-bond donors (Lipinski definition) is 1. The second-order valence-corrected chi connectivity index (χ2v) is 5.49. The van der Waals surface area contributed by atoms with Crippen molar-refractivity contribution in [3.05, 3.63) is 16.4 Å². The van der Waals surface area contributed by atoms with Crippen LogP contribution in [0.4, 0.5) is 0 Å². The SMILES string of the molecule is CCC1CCNC(Cc2c(C)nn(C)c2Cl)C1. The maximum atomic E-state index is 6.28. The lowest BCUT2D eigenvalue weighted by molar-refractivity contribution is 0.294. The van der Waals surface area contributed by atoms with Gasteiger partial charge in [-0.05, 0) is 38.6 Å². The number of halogens is 1. The van der Waals surface area contributed by atoms with Crippen LogP contribution in [0.25, 0.3) is 0 Å². The van der Waals surface area contributed by atoms with E-state index in [2.05, 4.69) is 17.3 Å². The molecule has 0 spiro atoms. The van der Waals surface area contributed by atoms with Gasteiger partial charge >= 0.3 is 0 Å². The third-order valence-electron chi connectivity index (χ3n) is 3.90. The zero-order valence-corrected chi connectivity index (χ0v) is 11.7.